The first-order chi connectivity index (χ1) is 16.6. The Morgan fingerprint density at radius 3 is 2.79 bits per heavy atom. The number of benzene rings is 2. The third kappa shape index (κ3) is 4.53. The molecule has 0 radical (unpaired) electrons. The van der Waals surface area contributed by atoms with E-state index in [2.05, 4.69) is 28.4 Å². The highest BCUT2D eigenvalue weighted by Gasteiger charge is 2.40. The summed E-state index contributed by atoms with van der Waals surface area (Å²) in [6.45, 7) is 7.26. The lowest BCUT2D eigenvalue weighted by atomic mass is 9.99. The summed E-state index contributed by atoms with van der Waals surface area (Å²) in [6.07, 6.45) is 2.93. The Balaban J connectivity index is 1.44. The van der Waals surface area contributed by atoms with Crippen LogP contribution in [0.2, 0.25) is 5.02 Å². The van der Waals surface area contributed by atoms with Gasteiger partial charge in [0, 0.05) is 50.7 Å². The molecule has 3 aliphatic rings. The van der Waals surface area contributed by atoms with E-state index >= 15 is 0 Å². The van der Waals surface area contributed by atoms with Crippen LogP contribution in [-0.4, -0.2) is 54.5 Å². The van der Waals surface area contributed by atoms with Gasteiger partial charge in [0.25, 0.3) is 0 Å². The van der Waals surface area contributed by atoms with Gasteiger partial charge in [-0.1, -0.05) is 24.6 Å². The van der Waals surface area contributed by atoms with Crippen molar-refractivity contribution in [2.75, 3.05) is 32.7 Å². The quantitative estimate of drug-likeness (QED) is 0.707. The van der Waals surface area contributed by atoms with Gasteiger partial charge < -0.3 is 15.0 Å². The summed E-state index contributed by atoms with van der Waals surface area (Å²) in [5.41, 5.74) is 5.16. The van der Waals surface area contributed by atoms with Crippen molar-refractivity contribution < 1.29 is 9.53 Å². The molecule has 1 amide bonds. The molecule has 178 valence electrons. The van der Waals surface area contributed by atoms with E-state index in [0.717, 1.165) is 74.4 Å². The SMILES string of the molecule is CCCC(=O)N1CCc2ccc(O[C@H]3c4cc(Cl)cc(C#N)c4C[C@@H]3N3CCNCC3)cc2C1. The van der Waals surface area contributed by atoms with Gasteiger partial charge in [-0.2, -0.15) is 5.26 Å². The molecule has 0 unspecified atom stereocenters. The second kappa shape index (κ2) is 9.95. The average Bonchev–Trinajstić information content (AvgIpc) is 3.21. The molecule has 2 heterocycles. The summed E-state index contributed by atoms with van der Waals surface area (Å²) in [5, 5.41) is 13.7. The third-order valence-corrected chi connectivity index (χ3v) is 7.55. The maximum atomic E-state index is 12.5. The van der Waals surface area contributed by atoms with Gasteiger partial charge in [-0.05, 0) is 65.8 Å². The molecule has 1 fully saturated rings. The van der Waals surface area contributed by atoms with Crippen LogP contribution in [0.4, 0.5) is 0 Å². The highest BCUT2D eigenvalue weighted by molar-refractivity contribution is 6.30. The van der Waals surface area contributed by atoms with Gasteiger partial charge in [0.1, 0.15) is 11.9 Å². The van der Waals surface area contributed by atoms with Gasteiger partial charge in [-0.15, -0.1) is 0 Å². The Morgan fingerprint density at radius 1 is 1.21 bits per heavy atom. The number of halogens is 1. The number of nitrogens with zero attached hydrogens (tertiary/aromatic N) is 3. The molecule has 2 aromatic carbocycles. The number of hydrogen-bond donors (Lipinski definition) is 1. The molecule has 1 aliphatic carbocycles. The zero-order valence-electron chi connectivity index (χ0n) is 19.6. The van der Waals surface area contributed by atoms with Crippen molar-refractivity contribution in [1.29, 1.82) is 5.26 Å². The molecule has 5 rings (SSSR count). The number of fused-ring (bicyclic) bond motifs is 2. The second-order valence-corrected chi connectivity index (χ2v) is 9.91. The molecule has 0 spiro atoms. The minimum absolute atomic E-state index is 0.154. The molecular formula is C27H31ClN4O2. The zero-order valence-corrected chi connectivity index (χ0v) is 20.4. The third-order valence-electron chi connectivity index (χ3n) is 7.33. The lowest BCUT2D eigenvalue weighted by molar-refractivity contribution is -0.132. The van der Waals surface area contributed by atoms with Crippen molar-refractivity contribution in [3.63, 3.8) is 0 Å². The maximum Gasteiger partial charge on any atom is 0.222 e. The number of hydrogen-bond acceptors (Lipinski definition) is 5. The van der Waals surface area contributed by atoms with Crippen molar-refractivity contribution in [2.45, 2.75) is 51.3 Å². The fraction of sp³-hybridized carbons (Fsp3) is 0.481. The number of amides is 1. The van der Waals surface area contributed by atoms with Crippen LogP contribution >= 0.6 is 11.6 Å². The lowest BCUT2D eigenvalue weighted by Gasteiger charge is -2.36. The van der Waals surface area contributed by atoms with Gasteiger partial charge in [0.2, 0.25) is 5.91 Å². The van der Waals surface area contributed by atoms with Crippen LogP contribution in [0.1, 0.15) is 53.7 Å². The van der Waals surface area contributed by atoms with E-state index in [1.165, 1.54) is 5.56 Å². The number of rotatable bonds is 5. The number of nitrogens with one attached hydrogen (secondary N) is 1. The minimum atomic E-state index is -0.196. The molecule has 6 nitrogen and oxygen atoms in total. The van der Waals surface area contributed by atoms with Crippen molar-refractivity contribution in [2.24, 2.45) is 0 Å². The standard InChI is InChI=1S/C27H31ClN4O2/c1-2-3-26(33)32-9-6-18-4-5-22(13-20(18)17-32)34-27-24-14-21(28)12-19(16-29)23(24)15-25(27)31-10-7-30-8-11-31/h4-5,12-14,25,27,30H,2-3,6-11,15,17H2,1H3/t25-,27-/m0/s1. The average molecular weight is 479 g/mol. The van der Waals surface area contributed by atoms with Crippen molar-refractivity contribution >= 4 is 17.5 Å². The van der Waals surface area contributed by atoms with Gasteiger partial charge in [0.15, 0.2) is 0 Å². The summed E-state index contributed by atoms with van der Waals surface area (Å²) in [5.74, 6) is 1.03. The molecule has 34 heavy (non-hydrogen) atoms. The monoisotopic (exact) mass is 478 g/mol. The summed E-state index contributed by atoms with van der Waals surface area (Å²) in [4.78, 5) is 16.9. The summed E-state index contributed by atoms with van der Waals surface area (Å²) >= 11 is 6.41. The maximum absolute atomic E-state index is 12.5. The van der Waals surface area contributed by atoms with E-state index in [-0.39, 0.29) is 18.1 Å². The highest BCUT2D eigenvalue weighted by Crippen LogP contribution is 2.41. The Bertz CT molecular complexity index is 1120. The number of carbonyl (C=O) groups excluding carboxylic acids is 1. The fourth-order valence-corrected chi connectivity index (χ4v) is 5.80. The molecule has 2 aliphatic heterocycles. The van der Waals surface area contributed by atoms with E-state index in [1.807, 2.05) is 24.0 Å². The van der Waals surface area contributed by atoms with Gasteiger partial charge >= 0.3 is 0 Å². The van der Waals surface area contributed by atoms with Crippen LogP contribution in [0.15, 0.2) is 30.3 Å². The smallest absolute Gasteiger partial charge is 0.222 e. The summed E-state index contributed by atoms with van der Waals surface area (Å²) < 4.78 is 6.70. The Kier molecular flexibility index (Phi) is 6.78. The van der Waals surface area contributed by atoms with Crippen LogP contribution < -0.4 is 10.1 Å². The Hall–Kier alpha value is -2.59. The summed E-state index contributed by atoms with van der Waals surface area (Å²) in [7, 11) is 0. The predicted octanol–water partition coefficient (Wildman–Crippen LogP) is 3.85. The molecule has 1 saturated heterocycles. The van der Waals surface area contributed by atoms with Gasteiger partial charge in [-0.25, -0.2) is 0 Å². The van der Waals surface area contributed by atoms with Crippen LogP contribution in [0.5, 0.6) is 5.75 Å². The molecule has 0 bridgehead atoms. The first kappa shape index (κ1) is 23.2. The Morgan fingerprint density at radius 2 is 2.03 bits per heavy atom. The largest absolute Gasteiger partial charge is 0.484 e. The first-order valence-electron chi connectivity index (χ1n) is 12.3. The number of nitriles is 1. The number of carbonyl (C=O) groups is 1. The topological polar surface area (TPSA) is 68.6 Å². The van der Waals surface area contributed by atoms with E-state index in [4.69, 9.17) is 16.3 Å². The van der Waals surface area contributed by atoms with Crippen LogP contribution in [0.25, 0.3) is 0 Å². The number of ether oxygens (including phenoxy) is 1. The molecule has 1 N–H and O–H groups in total. The van der Waals surface area contributed by atoms with Crippen LogP contribution in [-0.2, 0) is 24.2 Å². The van der Waals surface area contributed by atoms with Crippen molar-refractivity contribution in [3.05, 3.63) is 63.2 Å². The predicted molar refractivity (Wildman–Crippen MR) is 132 cm³/mol. The van der Waals surface area contributed by atoms with Gasteiger partial charge in [-0.3, -0.25) is 9.69 Å². The number of piperazine rings is 1. The van der Waals surface area contributed by atoms with E-state index < -0.39 is 0 Å². The van der Waals surface area contributed by atoms with Gasteiger partial charge in [0.05, 0.1) is 17.7 Å². The van der Waals surface area contributed by atoms with Crippen molar-refractivity contribution in [3.8, 4) is 11.8 Å². The fourth-order valence-electron chi connectivity index (χ4n) is 5.58. The molecule has 0 saturated carbocycles. The normalized spacial score (nSPS) is 22.1. The summed E-state index contributed by atoms with van der Waals surface area (Å²) in [6, 6.07) is 12.5. The lowest BCUT2D eigenvalue weighted by Crippen LogP contribution is -2.50. The first-order valence-corrected chi connectivity index (χ1v) is 12.7. The molecule has 0 aromatic heterocycles. The van der Waals surface area contributed by atoms with E-state index in [0.29, 0.717) is 23.6 Å². The van der Waals surface area contributed by atoms with Crippen molar-refractivity contribution in [1.82, 2.24) is 15.1 Å². The molecule has 2 aromatic rings. The zero-order chi connectivity index (χ0) is 23.7. The van der Waals surface area contributed by atoms with E-state index in [1.54, 1.807) is 6.07 Å². The highest BCUT2D eigenvalue weighted by atomic mass is 35.5. The molecular weight excluding hydrogens is 448 g/mol. The van der Waals surface area contributed by atoms with Crippen LogP contribution in [0.3, 0.4) is 0 Å². The minimum Gasteiger partial charge on any atom is -0.484 e. The Labute approximate surface area is 206 Å². The van der Waals surface area contributed by atoms with Crippen LogP contribution in [0, 0.1) is 11.3 Å². The molecule has 2 atom stereocenters. The van der Waals surface area contributed by atoms with E-state index in [9.17, 15) is 10.1 Å². The second-order valence-electron chi connectivity index (χ2n) is 9.47. The molecule has 7 heteroatoms.